The molecule has 0 unspecified atom stereocenters. The molecule has 278 valence electrons. The molecule has 0 N–H and O–H groups in total. The average molecular weight is 1030 g/mol. The summed E-state index contributed by atoms with van der Waals surface area (Å²) in [5.41, 5.74) is 7.38. The Hall–Kier alpha value is -3.08. The number of hydrogen-bond acceptors (Lipinski definition) is 6. The van der Waals surface area contributed by atoms with Crippen molar-refractivity contribution in [1.82, 2.24) is 14.7 Å². The number of hydrogen-bond donors (Lipinski definition) is 0. The minimum absolute atomic E-state index is 0.728. The molecule has 0 aliphatic heterocycles. The van der Waals surface area contributed by atoms with Gasteiger partial charge in [-0.1, -0.05) is 0 Å². The van der Waals surface area contributed by atoms with E-state index < -0.39 is 17.4 Å². The Labute approximate surface area is 358 Å². The topological polar surface area (TPSA) is 9.72 Å². The van der Waals surface area contributed by atoms with Gasteiger partial charge in [0.2, 0.25) is 0 Å². The summed E-state index contributed by atoms with van der Waals surface area (Å²) >= 11 is 16.3. The summed E-state index contributed by atoms with van der Waals surface area (Å²) in [7, 11) is 5.60. The van der Waals surface area contributed by atoms with Gasteiger partial charge in [-0.15, -0.1) is 0 Å². The molecule has 10 heteroatoms. The molecule has 6 rings (SSSR count). The van der Waals surface area contributed by atoms with Crippen LogP contribution in [0.25, 0.3) is 0 Å². The van der Waals surface area contributed by atoms with E-state index in [1.54, 1.807) is 0 Å². The Morgan fingerprint density at radius 1 is 0.309 bits per heavy atom. The third-order valence-electron chi connectivity index (χ3n) is 8.53. The van der Waals surface area contributed by atoms with Gasteiger partial charge in [-0.05, 0) is 0 Å². The van der Waals surface area contributed by atoms with E-state index in [0.717, 1.165) is 52.2 Å². The Morgan fingerprint density at radius 3 is 0.636 bits per heavy atom. The van der Waals surface area contributed by atoms with Gasteiger partial charge in [-0.2, -0.15) is 0 Å². The van der Waals surface area contributed by atoms with Gasteiger partial charge < -0.3 is 0 Å². The van der Waals surface area contributed by atoms with Crippen molar-refractivity contribution in [2.75, 3.05) is 0 Å². The van der Waals surface area contributed by atoms with Gasteiger partial charge in [-0.25, -0.2) is 0 Å². The van der Waals surface area contributed by atoms with E-state index in [4.69, 9.17) is 36.7 Å². The molecule has 0 bridgehead atoms. The third kappa shape index (κ3) is 14.1. The molecule has 0 heterocycles. The van der Waals surface area contributed by atoms with E-state index in [1.807, 2.05) is 25.6 Å². The monoisotopic (exact) mass is 1030 g/mol. The van der Waals surface area contributed by atoms with Crippen LogP contribution < -0.4 is 0 Å². The maximum atomic E-state index is 6.41. The molecule has 0 saturated carbocycles. The van der Waals surface area contributed by atoms with Gasteiger partial charge in [0.05, 0.1) is 0 Å². The van der Waals surface area contributed by atoms with Crippen molar-refractivity contribution in [3.8, 4) is 0 Å². The van der Waals surface area contributed by atoms with E-state index in [1.165, 1.54) is 33.4 Å². The number of benzene rings is 6. The van der Waals surface area contributed by atoms with Crippen LogP contribution >= 0.6 is 62.2 Å². The summed E-state index contributed by atoms with van der Waals surface area (Å²) in [5.74, 6) is 0. The Morgan fingerprint density at radius 2 is 0.473 bits per heavy atom. The predicted molar refractivity (Wildman–Crippen MR) is 253 cm³/mol. The van der Waals surface area contributed by atoms with Crippen molar-refractivity contribution in [2.24, 2.45) is 0 Å². The van der Waals surface area contributed by atoms with Gasteiger partial charge in [0, 0.05) is 0 Å². The molecule has 6 aromatic carbocycles. The van der Waals surface area contributed by atoms with E-state index >= 15 is 0 Å². The quantitative estimate of drug-likeness (QED) is 0.0729. The molecular weight excluding hydrogens is 984 g/mol. The maximum absolute atomic E-state index is 6.41. The first kappa shape index (κ1) is 41.6. The van der Waals surface area contributed by atoms with Crippen LogP contribution in [0.2, 0.25) is 0 Å². The fraction of sp³-hybridized carbons (Fsp3) is 0.133. The van der Waals surface area contributed by atoms with Gasteiger partial charge in [0.15, 0.2) is 0 Å². The zero-order valence-corrected chi connectivity index (χ0v) is 38.7. The van der Waals surface area contributed by atoms with Gasteiger partial charge in [-0.3, -0.25) is 0 Å². The first-order chi connectivity index (χ1) is 27.0. The Balaban J connectivity index is 1.29. The normalized spacial score (nSPS) is 10.9. The summed E-state index contributed by atoms with van der Waals surface area (Å²) in [6, 6.07) is 63.6. The first-order valence-electron chi connectivity index (χ1n) is 17.9. The predicted octanol–water partition coefficient (Wildman–Crippen LogP) is 12.1. The fourth-order valence-electron chi connectivity index (χ4n) is 5.80. The third-order valence-corrected chi connectivity index (χ3v) is 39.3. The standard InChI is InChI=1S/3C15H15NS2.Bi/c3*17-15(18)16(11-13-7-3-1-4-8-13)12-14-9-5-2-6-10-14;/h3*1-10H,11-12H2,(H,17,18);/q;;;+3/p-3. The second-order valence-corrected chi connectivity index (χ2v) is 40.2. The van der Waals surface area contributed by atoms with Crippen LogP contribution in [-0.2, 0) is 39.3 Å². The minimum atomic E-state index is -2.90. The molecule has 0 aliphatic carbocycles. The fourth-order valence-corrected chi connectivity index (χ4v) is 44.7. The second-order valence-electron chi connectivity index (χ2n) is 12.8. The molecule has 0 spiro atoms. The summed E-state index contributed by atoms with van der Waals surface area (Å²) in [5, 5.41) is 0. The van der Waals surface area contributed by atoms with Crippen LogP contribution in [0.15, 0.2) is 182 Å². The van der Waals surface area contributed by atoms with Crippen molar-refractivity contribution >= 4 is 92.5 Å². The molecule has 0 atom stereocenters. The van der Waals surface area contributed by atoms with Crippen LogP contribution in [0.4, 0.5) is 0 Å². The zero-order chi connectivity index (χ0) is 38.1. The molecule has 0 amide bonds. The number of thiocarbonyl (C=S) groups is 3. The van der Waals surface area contributed by atoms with Crippen molar-refractivity contribution in [2.45, 2.75) is 39.3 Å². The van der Waals surface area contributed by atoms with Gasteiger partial charge in [0.1, 0.15) is 0 Å². The average Bonchev–Trinajstić information content (AvgIpc) is 3.22. The van der Waals surface area contributed by atoms with Crippen LogP contribution in [0, 0.1) is 0 Å². The summed E-state index contributed by atoms with van der Waals surface area (Å²) < 4.78 is 2.68. The Kier molecular flexibility index (Phi) is 17.1. The molecular formula is C45H42BiN3S6. The van der Waals surface area contributed by atoms with Crippen LogP contribution in [0.5, 0.6) is 0 Å². The number of rotatable bonds is 15. The second kappa shape index (κ2) is 22.6. The summed E-state index contributed by atoms with van der Waals surface area (Å²) in [6.45, 7) is 4.37. The van der Waals surface area contributed by atoms with Crippen LogP contribution in [0.3, 0.4) is 0 Å². The SMILES string of the molecule is S=C([S][Bi]([S]C(=S)N(Cc1ccccc1)Cc1ccccc1)[S]C(=S)N(Cc1ccccc1)Cc1ccccc1)N(Cc1ccccc1)Cc1ccccc1. The van der Waals surface area contributed by atoms with Crippen molar-refractivity contribution < 1.29 is 0 Å². The summed E-state index contributed by atoms with van der Waals surface area (Å²) in [6.07, 6.45) is 0. The molecule has 3 nitrogen and oxygen atoms in total. The van der Waals surface area contributed by atoms with E-state index in [0.29, 0.717) is 0 Å². The van der Waals surface area contributed by atoms with Crippen molar-refractivity contribution in [3.05, 3.63) is 215 Å². The van der Waals surface area contributed by atoms with Crippen molar-refractivity contribution in [3.63, 3.8) is 0 Å². The molecule has 0 aromatic heterocycles. The van der Waals surface area contributed by atoms with E-state index in [-0.39, 0.29) is 0 Å². The molecule has 6 aromatic rings. The zero-order valence-electron chi connectivity index (χ0n) is 30.3. The number of nitrogens with zero attached hydrogens (tertiary/aromatic N) is 3. The van der Waals surface area contributed by atoms with E-state index in [9.17, 15) is 0 Å². The molecule has 0 fully saturated rings. The molecule has 0 aliphatic rings. The molecule has 0 radical (unpaired) electrons. The van der Waals surface area contributed by atoms with Gasteiger partial charge >= 0.3 is 362 Å². The Bertz CT molecular complexity index is 1700. The van der Waals surface area contributed by atoms with Crippen LogP contribution in [0.1, 0.15) is 33.4 Å². The van der Waals surface area contributed by atoms with Crippen LogP contribution in [-0.4, -0.2) is 45.0 Å². The molecule has 0 saturated heterocycles. The van der Waals surface area contributed by atoms with Gasteiger partial charge in [0.25, 0.3) is 0 Å². The van der Waals surface area contributed by atoms with Crippen molar-refractivity contribution in [1.29, 1.82) is 0 Å². The first-order valence-corrected chi connectivity index (χ1v) is 34.2. The summed E-state index contributed by atoms with van der Waals surface area (Å²) in [4.78, 5) is 7.03. The molecule has 55 heavy (non-hydrogen) atoms. The van der Waals surface area contributed by atoms with E-state index in [2.05, 4.69) is 197 Å².